The smallest absolute Gasteiger partial charge is 0.271 e. The number of para-hydroxylation sites is 1. The SMILES string of the molecule is C=C1NC(=O)[C@@H](C)NC(=O)CNC(=O)[C@H](Cc2c[nH]c3ccc(OC)cc23)NC(=O)[C@H](Cc2c[nH]c3ccccc23)NC(=O)c2csc(n2)[C@@H](C)NC(=O)CN(C)C1=O. The monoisotopic (exact) mass is 824 g/mol. The van der Waals surface area contributed by atoms with E-state index in [0.29, 0.717) is 16.3 Å². The first kappa shape index (κ1) is 41.6. The number of ether oxygens (including phenoxy) is 1. The van der Waals surface area contributed by atoms with Gasteiger partial charge in [0.25, 0.3) is 11.8 Å². The molecule has 8 N–H and O–H groups in total. The number of amides is 7. The van der Waals surface area contributed by atoms with Gasteiger partial charge in [-0.3, -0.25) is 33.6 Å². The minimum atomic E-state index is -1.27. The summed E-state index contributed by atoms with van der Waals surface area (Å²) < 4.78 is 5.41. The molecule has 59 heavy (non-hydrogen) atoms. The standard InChI is InChI=1S/C40H44N10O8S/c1-20-35(53)46-22(3)40(57)50(4)18-34(52)45-21(2)39-49-32(19-59-39)38(56)48-31(12-23-15-41-28-9-7-6-8-26(23)28)37(55)47-30(36(54)43-17-33(51)44-20)13-24-16-42-29-11-10-25(58-5)14-27(24)29/h6-11,14-16,19-21,30-31,41-42H,3,12-13,17-18H2,1-2,4-5H3,(H,43,54)(H,44,51)(H,45,52)(H,46,53)(H,47,55)(H,48,56)/t20-,21-,30+,31+/m1/s1. The van der Waals surface area contributed by atoms with Crippen molar-refractivity contribution >= 4 is 74.5 Å². The van der Waals surface area contributed by atoms with Gasteiger partial charge in [-0.25, -0.2) is 4.98 Å². The van der Waals surface area contributed by atoms with Crippen molar-refractivity contribution in [3.63, 3.8) is 0 Å². The molecule has 0 saturated carbocycles. The fraction of sp³-hybridized carbons (Fsp3) is 0.300. The van der Waals surface area contributed by atoms with Gasteiger partial charge in [0.1, 0.15) is 34.6 Å². The van der Waals surface area contributed by atoms with E-state index in [1.54, 1.807) is 31.5 Å². The van der Waals surface area contributed by atoms with E-state index in [0.717, 1.165) is 43.6 Å². The number of hydrogen-bond donors (Lipinski definition) is 8. The molecular formula is C40H44N10O8S. The van der Waals surface area contributed by atoms with Gasteiger partial charge in [0.05, 0.1) is 31.9 Å². The molecule has 0 spiro atoms. The third kappa shape index (κ3) is 9.93. The van der Waals surface area contributed by atoms with Crippen LogP contribution in [-0.2, 0) is 41.6 Å². The molecule has 19 heteroatoms. The average molecular weight is 825 g/mol. The summed E-state index contributed by atoms with van der Waals surface area (Å²) in [5, 5.41) is 19.1. The van der Waals surface area contributed by atoms with Crippen molar-refractivity contribution in [1.29, 1.82) is 0 Å². The molecule has 0 radical (unpaired) electrons. The maximum Gasteiger partial charge on any atom is 0.271 e. The number of rotatable bonds is 5. The summed E-state index contributed by atoms with van der Waals surface area (Å²) in [5.41, 5.74) is 2.58. The van der Waals surface area contributed by atoms with E-state index in [1.807, 2.05) is 30.3 Å². The minimum absolute atomic E-state index is 0.0149. The first-order chi connectivity index (χ1) is 28.2. The molecule has 5 aromatic rings. The Hall–Kier alpha value is -7.02. The highest BCUT2D eigenvalue weighted by molar-refractivity contribution is 7.09. The third-order valence-electron chi connectivity index (χ3n) is 9.71. The number of carbonyl (C=O) groups is 7. The maximum atomic E-state index is 14.4. The van der Waals surface area contributed by atoms with Crippen LogP contribution >= 0.6 is 11.3 Å². The lowest BCUT2D eigenvalue weighted by atomic mass is 10.0. The first-order valence-electron chi connectivity index (χ1n) is 18.6. The van der Waals surface area contributed by atoms with Gasteiger partial charge in [-0.1, -0.05) is 24.8 Å². The fourth-order valence-corrected chi connectivity index (χ4v) is 7.34. The molecule has 0 unspecified atom stereocenters. The molecule has 2 aromatic carbocycles. The third-order valence-corrected chi connectivity index (χ3v) is 10.7. The summed E-state index contributed by atoms with van der Waals surface area (Å²) in [6, 6.07) is 8.50. The fourth-order valence-electron chi connectivity index (χ4n) is 6.53. The minimum Gasteiger partial charge on any atom is -0.497 e. The largest absolute Gasteiger partial charge is 0.497 e. The molecule has 0 fully saturated rings. The molecule has 308 valence electrons. The van der Waals surface area contributed by atoms with Crippen LogP contribution in [0.4, 0.5) is 0 Å². The summed E-state index contributed by atoms with van der Waals surface area (Å²) in [6.07, 6.45) is 3.42. The molecule has 1 aliphatic rings. The predicted molar refractivity (Wildman–Crippen MR) is 218 cm³/mol. The van der Waals surface area contributed by atoms with Crippen molar-refractivity contribution in [2.75, 3.05) is 27.2 Å². The average Bonchev–Trinajstić information content (AvgIpc) is 3.98. The molecule has 2 bridgehead atoms. The number of thiazole rings is 1. The highest BCUT2D eigenvalue weighted by Gasteiger charge is 2.31. The topological polar surface area (TPSA) is 249 Å². The van der Waals surface area contributed by atoms with Crippen LogP contribution in [0.5, 0.6) is 5.75 Å². The zero-order chi connectivity index (χ0) is 42.4. The van der Waals surface area contributed by atoms with Gasteiger partial charge in [-0.2, -0.15) is 0 Å². The predicted octanol–water partition coefficient (Wildman–Crippen LogP) is 1.08. The van der Waals surface area contributed by atoms with Crippen molar-refractivity contribution < 1.29 is 38.3 Å². The van der Waals surface area contributed by atoms with Crippen LogP contribution in [0.2, 0.25) is 0 Å². The molecule has 1 aliphatic heterocycles. The van der Waals surface area contributed by atoms with Gasteiger partial charge >= 0.3 is 0 Å². The Morgan fingerprint density at radius 1 is 0.797 bits per heavy atom. The lowest BCUT2D eigenvalue weighted by Gasteiger charge is -2.23. The second-order valence-electron chi connectivity index (χ2n) is 14.1. The molecule has 3 aromatic heterocycles. The van der Waals surface area contributed by atoms with E-state index in [2.05, 4.69) is 53.4 Å². The lowest BCUT2D eigenvalue weighted by molar-refractivity contribution is -0.133. The van der Waals surface area contributed by atoms with Crippen LogP contribution in [0.15, 0.2) is 72.5 Å². The number of hydrogen-bond acceptors (Lipinski definition) is 10. The summed E-state index contributed by atoms with van der Waals surface area (Å²) in [4.78, 5) is 106. The van der Waals surface area contributed by atoms with E-state index in [1.165, 1.54) is 26.5 Å². The number of aromatic amines is 2. The molecular weight excluding hydrogens is 781 g/mol. The summed E-state index contributed by atoms with van der Waals surface area (Å²) >= 11 is 1.11. The molecule has 0 saturated heterocycles. The molecule has 0 aliphatic carbocycles. The van der Waals surface area contributed by atoms with E-state index in [-0.39, 0.29) is 24.2 Å². The zero-order valence-corrected chi connectivity index (χ0v) is 33.5. The Morgan fingerprint density at radius 2 is 1.46 bits per heavy atom. The van der Waals surface area contributed by atoms with Gasteiger partial charge in [0.2, 0.25) is 29.5 Å². The maximum absolute atomic E-state index is 14.4. The van der Waals surface area contributed by atoms with Crippen molar-refractivity contribution in [2.24, 2.45) is 0 Å². The van der Waals surface area contributed by atoms with Crippen molar-refractivity contribution in [3.05, 3.63) is 94.3 Å². The molecule has 6 rings (SSSR count). The van der Waals surface area contributed by atoms with E-state index in [4.69, 9.17) is 4.74 Å². The number of H-pyrrole nitrogens is 2. The Bertz CT molecular complexity index is 2450. The number of benzene rings is 2. The molecule has 4 heterocycles. The summed E-state index contributed by atoms with van der Waals surface area (Å²) in [6.45, 7) is 5.65. The number of fused-ring (bicyclic) bond motifs is 4. The lowest BCUT2D eigenvalue weighted by Crippen LogP contribution is -2.56. The number of likely N-dealkylation sites (N-methyl/N-ethyl adjacent to an activating group) is 1. The summed E-state index contributed by atoms with van der Waals surface area (Å²) in [7, 11) is 2.87. The van der Waals surface area contributed by atoms with Crippen LogP contribution < -0.4 is 36.6 Å². The van der Waals surface area contributed by atoms with Crippen LogP contribution in [0.3, 0.4) is 0 Å². The van der Waals surface area contributed by atoms with Gasteiger partial charge in [0.15, 0.2) is 0 Å². The second kappa shape index (κ2) is 18.1. The molecule has 7 amide bonds. The second-order valence-corrected chi connectivity index (χ2v) is 15.0. The Balaban J connectivity index is 1.33. The van der Waals surface area contributed by atoms with Gasteiger partial charge in [-0.15, -0.1) is 11.3 Å². The van der Waals surface area contributed by atoms with Crippen molar-refractivity contribution in [2.45, 2.75) is 50.9 Å². The highest BCUT2D eigenvalue weighted by Crippen LogP contribution is 2.25. The number of carbonyl (C=O) groups excluding carboxylic acids is 7. The van der Waals surface area contributed by atoms with Crippen LogP contribution in [0, 0.1) is 0 Å². The van der Waals surface area contributed by atoms with E-state index < -0.39 is 78.6 Å². The number of aromatic nitrogens is 3. The molecule has 4 atom stereocenters. The highest BCUT2D eigenvalue weighted by atomic mass is 32.1. The number of nitrogens with zero attached hydrogens (tertiary/aromatic N) is 2. The number of nitrogens with one attached hydrogen (secondary N) is 8. The van der Waals surface area contributed by atoms with Crippen molar-refractivity contribution in [3.8, 4) is 5.75 Å². The van der Waals surface area contributed by atoms with Crippen LogP contribution in [0.1, 0.15) is 46.5 Å². The van der Waals surface area contributed by atoms with E-state index in [9.17, 15) is 33.6 Å². The van der Waals surface area contributed by atoms with Crippen molar-refractivity contribution in [1.82, 2.24) is 51.8 Å². The van der Waals surface area contributed by atoms with Gasteiger partial charge in [0, 0.05) is 59.5 Å². The Labute approximate surface area is 341 Å². The quantitative estimate of drug-likeness (QED) is 0.118. The molecule has 18 nitrogen and oxygen atoms in total. The van der Waals surface area contributed by atoms with Crippen LogP contribution in [0.25, 0.3) is 21.8 Å². The normalized spacial score (nSPS) is 20.9. The zero-order valence-electron chi connectivity index (χ0n) is 32.7. The number of methoxy groups -OCH3 is 1. The summed E-state index contributed by atoms with van der Waals surface area (Å²) in [5.74, 6) is -4.35. The Morgan fingerprint density at radius 3 is 2.19 bits per heavy atom. The van der Waals surface area contributed by atoms with E-state index >= 15 is 0 Å². The first-order valence-corrected chi connectivity index (χ1v) is 19.5. The van der Waals surface area contributed by atoms with Gasteiger partial charge in [-0.05, 0) is 49.2 Å². The van der Waals surface area contributed by atoms with Crippen LogP contribution in [-0.4, -0.2) is 107 Å². The Kier molecular flexibility index (Phi) is 12.7. The van der Waals surface area contributed by atoms with Gasteiger partial charge < -0.3 is 51.5 Å².